The Labute approximate surface area is 144 Å². The SMILES string of the molecule is Nc1nc2cccc(-c3ccc(C(=O)N4CCCC(O)C4)cc3)n2n1. The van der Waals surface area contributed by atoms with Crippen molar-refractivity contribution < 1.29 is 9.90 Å². The lowest BCUT2D eigenvalue weighted by Crippen LogP contribution is -2.42. The predicted octanol–water partition coefficient (Wildman–Crippen LogP) is 1.58. The van der Waals surface area contributed by atoms with Gasteiger partial charge in [0.1, 0.15) is 0 Å². The van der Waals surface area contributed by atoms with Crippen LogP contribution in [0, 0.1) is 0 Å². The van der Waals surface area contributed by atoms with Gasteiger partial charge in [-0.2, -0.15) is 4.98 Å². The summed E-state index contributed by atoms with van der Waals surface area (Å²) in [5.74, 6) is 0.177. The second-order valence-corrected chi connectivity index (χ2v) is 6.28. The van der Waals surface area contributed by atoms with Gasteiger partial charge in [-0.15, -0.1) is 5.10 Å². The lowest BCUT2D eigenvalue weighted by molar-refractivity contribution is 0.0474. The lowest BCUT2D eigenvalue weighted by Gasteiger charge is -2.30. The van der Waals surface area contributed by atoms with Crippen molar-refractivity contribution in [1.82, 2.24) is 19.5 Å². The van der Waals surface area contributed by atoms with Gasteiger partial charge in [0.05, 0.1) is 11.8 Å². The van der Waals surface area contributed by atoms with Crippen molar-refractivity contribution >= 4 is 17.5 Å². The zero-order valence-corrected chi connectivity index (χ0v) is 13.7. The number of amides is 1. The Balaban J connectivity index is 1.62. The number of carbonyl (C=O) groups excluding carboxylic acids is 1. The van der Waals surface area contributed by atoms with Gasteiger partial charge in [0.15, 0.2) is 5.65 Å². The van der Waals surface area contributed by atoms with Crippen LogP contribution in [-0.4, -0.2) is 49.7 Å². The highest BCUT2D eigenvalue weighted by molar-refractivity contribution is 5.94. The van der Waals surface area contributed by atoms with Crippen LogP contribution in [0.2, 0.25) is 0 Å². The molecule has 1 aliphatic rings. The van der Waals surface area contributed by atoms with Crippen molar-refractivity contribution in [2.24, 2.45) is 0 Å². The van der Waals surface area contributed by atoms with Gasteiger partial charge in [-0.1, -0.05) is 18.2 Å². The first-order valence-electron chi connectivity index (χ1n) is 8.31. The van der Waals surface area contributed by atoms with Crippen LogP contribution in [0.4, 0.5) is 5.95 Å². The maximum Gasteiger partial charge on any atom is 0.253 e. The molecular weight excluding hydrogens is 318 g/mol. The normalized spacial score (nSPS) is 17.8. The van der Waals surface area contributed by atoms with Gasteiger partial charge in [-0.05, 0) is 37.1 Å². The summed E-state index contributed by atoms with van der Waals surface area (Å²) in [6.45, 7) is 1.09. The Bertz CT molecular complexity index is 919. The fraction of sp³-hybridized carbons (Fsp3) is 0.278. The van der Waals surface area contributed by atoms with E-state index in [2.05, 4.69) is 10.1 Å². The maximum atomic E-state index is 12.6. The Kier molecular flexibility index (Phi) is 3.85. The molecule has 1 unspecified atom stereocenters. The highest BCUT2D eigenvalue weighted by atomic mass is 16.3. The molecule has 1 amide bonds. The van der Waals surface area contributed by atoms with E-state index in [4.69, 9.17) is 5.73 Å². The predicted molar refractivity (Wildman–Crippen MR) is 94.0 cm³/mol. The minimum absolute atomic E-state index is 0.0477. The molecule has 3 heterocycles. The van der Waals surface area contributed by atoms with Crippen molar-refractivity contribution in [3.8, 4) is 11.3 Å². The molecule has 3 aromatic rings. The first-order chi connectivity index (χ1) is 12.1. The van der Waals surface area contributed by atoms with Crippen LogP contribution in [0.15, 0.2) is 42.5 Å². The lowest BCUT2D eigenvalue weighted by atomic mass is 10.0. The number of aliphatic hydroxyl groups excluding tert-OH is 1. The van der Waals surface area contributed by atoms with Gasteiger partial charge in [-0.3, -0.25) is 4.79 Å². The maximum absolute atomic E-state index is 12.6. The van der Waals surface area contributed by atoms with Crippen LogP contribution < -0.4 is 5.73 Å². The molecule has 0 bridgehead atoms. The first kappa shape index (κ1) is 15.6. The van der Waals surface area contributed by atoms with Crippen LogP contribution in [0.25, 0.3) is 16.9 Å². The number of anilines is 1. The molecule has 128 valence electrons. The molecule has 0 saturated carbocycles. The number of benzene rings is 1. The van der Waals surface area contributed by atoms with E-state index in [-0.39, 0.29) is 11.9 Å². The molecule has 1 atom stereocenters. The molecule has 1 saturated heterocycles. The highest BCUT2D eigenvalue weighted by Crippen LogP contribution is 2.22. The highest BCUT2D eigenvalue weighted by Gasteiger charge is 2.23. The quantitative estimate of drug-likeness (QED) is 0.740. The number of hydrogen-bond donors (Lipinski definition) is 2. The van der Waals surface area contributed by atoms with Crippen molar-refractivity contribution in [2.45, 2.75) is 18.9 Å². The molecule has 0 spiro atoms. The third kappa shape index (κ3) is 2.94. The molecule has 0 aliphatic carbocycles. The van der Waals surface area contributed by atoms with Gasteiger partial charge in [-0.25, -0.2) is 4.52 Å². The summed E-state index contributed by atoms with van der Waals surface area (Å²) in [5, 5.41) is 14.0. The van der Waals surface area contributed by atoms with Crippen LogP contribution in [0.3, 0.4) is 0 Å². The molecule has 0 radical (unpaired) electrons. The Morgan fingerprint density at radius 3 is 2.76 bits per heavy atom. The van der Waals surface area contributed by atoms with Crippen molar-refractivity contribution in [2.75, 3.05) is 18.8 Å². The molecule has 1 fully saturated rings. The minimum atomic E-state index is -0.424. The number of likely N-dealkylation sites (tertiary alicyclic amines) is 1. The fourth-order valence-electron chi connectivity index (χ4n) is 3.25. The number of nitrogen functional groups attached to an aromatic ring is 1. The molecule has 7 nitrogen and oxygen atoms in total. The topological polar surface area (TPSA) is 96.8 Å². The van der Waals surface area contributed by atoms with Gasteiger partial charge in [0.2, 0.25) is 5.95 Å². The van der Waals surface area contributed by atoms with E-state index >= 15 is 0 Å². The third-order valence-corrected chi connectivity index (χ3v) is 4.49. The van der Waals surface area contributed by atoms with Crippen LogP contribution in [0.1, 0.15) is 23.2 Å². The molecule has 7 heteroatoms. The number of aromatic nitrogens is 3. The van der Waals surface area contributed by atoms with Gasteiger partial charge < -0.3 is 15.7 Å². The molecule has 1 aliphatic heterocycles. The number of piperidine rings is 1. The summed E-state index contributed by atoms with van der Waals surface area (Å²) in [7, 11) is 0. The second kappa shape index (κ2) is 6.18. The number of carbonyl (C=O) groups is 1. The van der Waals surface area contributed by atoms with Crippen molar-refractivity contribution in [3.05, 3.63) is 48.0 Å². The summed E-state index contributed by atoms with van der Waals surface area (Å²) < 4.78 is 1.69. The number of nitrogens with zero attached hydrogens (tertiary/aromatic N) is 4. The van der Waals surface area contributed by atoms with Gasteiger partial charge in [0, 0.05) is 24.2 Å². The number of β-amino-alcohol motifs (C(OH)–C–C–N with tert-alkyl or cyclic N) is 1. The summed E-state index contributed by atoms with van der Waals surface area (Å²) in [5.41, 5.74) is 8.75. The summed E-state index contributed by atoms with van der Waals surface area (Å²) in [4.78, 5) is 18.4. The van der Waals surface area contributed by atoms with E-state index in [0.717, 1.165) is 24.1 Å². The average molecular weight is 337 g/mol. The van der Waals surface area contributed by atoms with E-state index in [1.165, 1.54) is 0 Å². The summed E-state index contributed by atoms with van der Waals surface area (Å²) in [6.07, 6.45) is 1.17. The Hall–Kier alpha value is -2.93. The van der Waals surface area contributed by atoms with E-state index in [1.54, 1.807) is 21.5 Å². The number of pyridine rings is 1. The molecular formula is C18H19N5O2. The molecule has 4 rings (SSSR count). The van der Waals surface area contributed by atoms with E-state index < -0.39 is 6.10 Å². The van der Waals surface area contributed by atoms with Crippen LogP contribution >= 0.6 is 0 Å². The number of fused-ring (bicyclic) bond motifs is 1. The number of rotatable bonds is 2. The monoisotopic (exact) mass is 337 g/mol. The van der Waals surface area contributed by atoms with E-state index in [0.29, 0.717) is 24.3 Å². The Morgan fingerprint density at radius 2 is 2.00 bits per heavy atom. The summed E-state index contributed by atoms with van der Waals surface area (Å²) >= 11 is 0. The standard InChI is InChI=1S/C18H19N5O2/c19-18-20-16-5-1-4-15(23(16)21-18)12-6-8-13(9-7-12)17(25)22-10-2-3-14(24)11-22/h1,4-9,14,24H,2-3,10-11H2,(H2,19,21). The Morgan fingerprint density at radius 1 is 1.20 bits per heavy atom. The molecule has 2 aromatic heterocycles. The van der Waals surface area contributed by atoms with Crippen LogP contribution in [-0.2, 0) is 0 Å². The van der Waals surface area contributed by atoms with E-state index in [1.807, 2.05) is 30.3 Å². The third-order valence-electron chi connectivity index (χ3n) is 4.49. The average Bonchev–Trinajstić information content (AvgIpc) is 3.01. The van der Waals surface area contributed by atoms with Gasteiger partial charge >= 0.3 is 0 Å². The van der Waals surface area contributed by atoms with Crippen molar-refractivity contribution in [3.63, 3.8) is 0 Å². The molecule has 1 aromatic carbocycles. The molecule has 25 heavy (non-hydrogen) atoms. The van der Waals surface area contributed by atoms with Crippen LogP contribution in [0.5, 0.6) is 0 Å². The molecule has 3 N–H and O–H groups in total. The minimum Gasteiger partial charge on any atom is -0.391 e. The number of aliphatic hydroxyl groups is 1. The summed E-state index contributed by atoms with van der Waals surface area (Å²) in [6, 6.07) is 13.0. The van der Waals surface area contributed by atoms with Crippen molar-refractivity contribution in [1.29, 1.82) is 0 Å². The zero-order valence-electron chi connectivity index (χ0n) is 13.7. The fourth-order valence-corrected chi connectivity index (χ4v) is 3.25. The smallest absolute Gasteiger partial charge is 0.253 e. The number of nitrogens with two attached hydrogens (primary N) is 1. The zero-order chi connectivity index (χ0) is 17.4. The number of hydrogen-bond acceptors (Lipinski definition) is 5. The van der Waals surface area contributed by atoms with E-state index in [9.17, 15) is 9.90 Å². The van der Waals surface area contributed by atoms with Gasteiger partial charge in [0.25, 0.3) is 5.91 Å². The second-order valence-electron chi connectivity index (χ2n) is 6.28. The largest absolute Gasteiger partial charge is 0.391 e. The first-order valence-corrected chi connectivity index (χ1v) is 8.31.